The van der Waals surface area contributed by atoms with Crippen LogP contribution in [0.5, 0.6) is 0 Å². The topological polar surface area (TPSA) is 67.5 Å². The first-order valence-electron chi connectivity index (χ1n) is 4.38. The maximum Gasteiger partial charge on any atom is 0.251 e. The van der Waals surface area contributed by atoms with Crippen LogP contribution in [-0.2, 0) is 0 Å². The largest absolute Gasteiger partial charge is 0.386 e. The molecule has 0 aliphatic rings. The molecule has 0 heterocycles. The second-order valence-electron chi connectivity index (χ2n) is 2.87. The first kappa shape index (κ1) is 11.5. The van der Waals surface area contributed by atoms with E-state index in [-0.39, 0.29) is 11.8 Å². The lowest BCUT2D eigenvalue weighted by molar-refractivity contribution is 0.0963. The molecule has 0 saturated heterocycles. The molecule has 80 valence electrons. The van der Waals surface area contributed by atoms with Gasteiger partial charge in [0.25, 0.3) is 5.91 Å². The number of amides is 1. The number of benzene rings is 1. The van der Waals surface area contributed by atoms with E-state index in [1.165, 1.54) is 0 Å². The highest BCUT2D eigenvalue weighted by Gasteiger charge is 2.02. The smallest absolute Gasteiger partial charge is 0.251 e. The number of halogens is 1. The predicted octanol–water partition coefficient (Wildman–Crippen LogP) is 1.27. The molecule has 4 nitrogen and oxygen atoms in total. The van der Waals surface area contributed by atoms with E-state index in [1.807, 2.05) is 0 Å². The highest BCUT2D eigenvalue weighted by molar-refractivity contribution is 6.28. The van der Waals surface area contributed by atoms with Crippen LogP contribution < -0.4 is 11.1 Å². The summed E-state index contributed by atoms with van der Waals surface area (Å²) in [5.74, 6) is 0.340. The number of alkyl halides is 1. The van der Waals surface area contributed by atoms with Crippen molar-refractivity contribution in [1.29, 1.82) is 0 Å². The van der Waals surface area contributed by atoms with Crippen LogP contribution >= 0.6 is 11.6 Å². The average molecular weight is 226 g/mol. The molecule has 0 saturated carbocycles. The summed E-state index contributed by atoms with van der Waals surface area (Å²) in [6.07, 6.45) is 0. The molecule has 0 fully saturated rings. The number of amidine groups is 1. The van der Waals surface area contributed by atoms with Crippen molar-refractivity contribution in [3.63, 3.8) is 0 Å². The Morgan fingerprint density at radius 3 is 2.93 bits per heavy atom. The second kappa shape index (κ2) is 5.36. The fourth-order valence-electron chi connectivity index (χ4n) is 1.06. The van der Waals surface area contributed by atoms with E-state index in [0.717, 1.165) is 0 Å². The first-order chi connectivity index (χ1) is 7.17. The highest BCUT2D eigenvalue weighted by atomic mass is 35.5. The average Bonchev–Trinajstić information content (AvgIpc) is 2.28. The Bertz CT molecular complexity index is 390. The third-order valence-corrected chi connectivity index (χ3v) is 2.02. The Kier molecular flexibility index (Phi) is 4.12. The molecule has 0 spiro atoms. The Labute approximate surface area is 93.1 Å². The highest BCUT2D eigenvalue weighted by Crippen LogP contribution is 2.14. The van der Waals surface area contributed by atoms with Crippen molar-refractivity contribution in [2.24, 2.45) is 10.7 Å². The fourth-order valence-corrected chi connectivity index (χ4v) is 1.12. The zero-order valence-electron chi connectivity index (χ0n) is 8.33. The molecule has 5 heteroatoms. The molecule has 15 heavy (non-hydrogen) atoms. The standard InChI is InChI=1S/C10H12ClN3O/c1-13-10(15)7-3-2-4-8(5-7)14-9(12)6-11/h2-5H,6H2,1H3,(H2,12,14)(H,13,15). The van der Waals surface area contributed by atoms with Crippen molar-refractivity contribution in [2.75, 3.05) is 12.9 Å². The molecule has 1 aromatic carbocycles. The first-order valence-corrected chi connectivity index (χ1v) is 4.92. The number of rotatable bonds is 3. The minimum absolute atomic E-state index is 0.156. The van der Waals surface area contributed by atoms with E-state index in [4.69, 9.17) is 17.3 Å². The normalized spacial score (nSPS) is 11.2. The molecule has 0 atom stereocenters. The number of carbonyl (C=O) groups excluding carboxylic acids is 1. The van der Waals surface area contributed by atoms with Crippen LogP contribution in [0.15, 0.2) is 29.3 Å². The van der Waals surface area contributed by atoms with E-state index >= 15 is 0 Å². The van der Waals surface area contributed by atoms with Crippen LogP contribution in [-0.4, -0.2) is 24.7 Å². The van der Waals surface area contributed by atoms with Gasteiger partial charge in [0.1, 0.15) is 5.84 Å². The molecule has 1 rings (SSSR count). The van der Waals surface area contributed by atoms with Crippen LogP contribution in [0.1, 0.15) is 10.4 Å². The zero-order chi connectivity index (χ0) is 11.3. The summed E-state index contributed by atoms with van der Waals surface area (Å²) in [5.41, 5.74) is 6.64. The van der Waals surface area contributed by atoms with Crippen molar-refractivity contribution in [1.82, 2.24) is 5.32 Å². The van der Waals surface area contributed by atoms with Gasteiger partial charge in [-0.2, -0.15) is 0 Å². The quantitative estimate of drug-likeness (QED) is 0.462. The number of hydrogen-bond donors (Lipinski definition) is 2. The van der Waals surface area contributed by atoms with Crippen LogP contribution in [0, 0.1) is 0 Å². The van der Waals surface area contributed by atoms with E-state index in [2.05, 4.69) is 10.3 Å². The molecular formula is C10H12ClN3O. The van der Waals surface area contributed by atoms with Gasteiger partial charge in [0, 0.05) is 12.6 Å². The van der Waals surface area contributed by atoms with Gasteiger partial charge in [-0.05, 0) is 18.2 Å². The number of nitrogens with one attached hydrogen (secondary N) is 1. The Morgan fingerprint density at radius 1 is 1.60 bits per heavy atom. The molecule has 0 bridgehead atoms. The maximum absolute atomic E-state index is 11.3. The predicted molar refractivity (Wildman–Crippen MR) is 61.8 cm³/mol. The summed E-state index contributed by atoms with van der Waals surface area (Å²) in [7, 11) is 1.57. The van der Waals surface area contributed by atoms with Gasteiger partial charge >= 0.3 is 0 Å². The lowest BCUT2D eigenvalue weighted by Gasteiger charge is -2.01. The minimum Gasteiger partial charge on any atom is -0.386 e. The zero-order valence-corrected chi connectivity index (χ0v) is 9.08. The number of nitrogens with two attached hydrogens (primary N) is 1. The fraction of sp³-hybridized carbons (Fsp3) is 0.200. The van der Waals surface area contributed by atoms with Crippen LogP contribution in [0.3, 0.4) is 0 Å². The van der Waals surface area contributed by atoms with Gasteiger partial charge in [0.05, 0.1) is 11.6 Å². The summed E-state index contributed by atoms with van der Waals surface area (Å²) in [5, 5.41) is 2.53. The molecule has 1 amide bonds. The van der Waals surface area contributed by atoms with E-state index in [9.17, 15) is 4.79 Å². The SMILES string of the molecule is CNC(=O)c1cccc(N=C(N)CCl)c1. The lowest BCUT2D eigenvalue weighted by atomic mass is 10.2. The molecule has 0 unspecified atom stereocenters. The lowest BCUT2D eigenvalue weighted by Crippen LogP contribution is -2.17. The Morgan fingerprint density at radius 2 is 2.33 bits per heavy atom. The summed E-state index contributed by atoms with van der Waals surface area (Å²) >= 11 is 5.50. The van der Waals surface area contributed by atoms with Crippen molar-refractivity contribution in [2.45, 2.75) is 0 Å². The van der Waals surface area contributed by atoms with Crippen LogP contribution in [0.4, 0.5) is 5.69 Å². The van der Waals surface area contributed by atoms with Crippen molar-refractivity contribution in [3.05, 3.63) is 29.8 Å². The molecule has 0 aliphatic heterocycles. The number of hydrogen-bond acceptors (Lipinski definition) is 2. The van der Waals surface area contributed by atoms with E-state index < -0.39 is 0 Å². The van der Waals surface area contributed by atoms with Crippen LogP contribution in [0.25, 0.3) is 0 Å². The third-order valence-electron chi connectivity index (χ3n) is 1.75. The summed E-state index contributed by atoms with van der Waals surface area (Å²) in [4.78, 5) is 15.3. The Hall–Kier alpha value is -1.55. The molecule has 0 aliphatic carbocycles. The monoisotopic (exact) mass is 225 g/mol. The van der Waals surface area contributed by atoms with Gasteiger partial charge in [0.2, 0.25) is 0 Å². The summed E-state index contributed by atoms with van der Waals surface area (Å²) < 4.78 is 0. The molecule has 0 radical (unpaired) electrons. The number of carbonyl (C=O) groups is 1. The van der Waals surface area contributed by atoms with Crippen molar-refractivity contribution >= 4 is 29.0 Å². The second-order valence-corrected chi connectivity index (χ2v) is 3.13. The van der Waals surface area contributed by atoms with Gasteiger partial charge in [-0.3, -0.25) is 4.79 Å². The van der Waals surface area contributed by atoms with Crippen molar-refractivity contribution in [3.8, 4) is 0 Å². The van der Waals surface area contributed by atoms with Gasteiger partial charge < -0.3 is 11.1 Å². The van der Waals surface area contributed by atoms with E-state index in [1.54, 1.807) is 31.3 Å². The number of aliphatic imine (C=N–C) groups is 1. The van der Waals surface area contributed by atoms with Gasteiger partial charge in [-0.25, -0.2) is 4.99 Å². The van der Waals surface area contributed by atoms with Gasteiger partial charge in [0.15, 0.2) is 0 Å². The van der Waals surface area contributed by atoms with Gasteiger partial charge in [-0.15, -0.1) is 11.6 Å². The molecule has 1 aromatic rings. The summed E-state index contributed by atoms with van der Waals surface area (Å²) in [6.45, 7) is 0. The van der Waals surface area contributed by atoms with E-state index in [0.29, 0.717) is 17.1 Å². The minimum atomic E-state index is -0.156. The van der Waals surface area contributed by atoms with Crippen LogP contribution in [0.2, 0.25) is 0 Å². The Balaban J connectivity index is 2.98. The number of nitrogens with zero attached hydrogens (tertiary/aromatic N) is 1. The molecular weight excluding hydrogens is 214 g/mol. The maximum atomic E-state index is 11.3. The molecule has 3 N–H and O–H groups in total. The summed E-state index contributed by atoms with van der Waals surface area (Å²) in [6, 6.07) is 6.85. The molecule has 0 aromatic heterocycles. The van der Waals surface area contributed by atoms with Crippen molar-refractivity contribution < 1.29 is 4.79 Å². The van der Waals surface area contributed by atoms with Gasteiger partial charge in [-0.1, -0.05) is 6.07 Å². The third kappa shape index (κ3) is 3.25.